The summed E-state index contributed by atoms with van der Waals surface area (Å²) in [6.45, 7) is 0. The molecule has 2 saturated carbocycles. The maximum atomic E-state index is 13.9. The molecule has 0 spiro atoms. The summed E-state index contributed by atoms with van der Waals surface area (Å²) in [5.74, 6) is -0.440. The molecule has 4 atom stereocenters. The van der Waals surface area contributed by atoms with Crippen molar-refractivity contribution in [3.63, 3.8) is 0 Å². The van der Waals surface area contributed by atoms with Crippen LogP contribution < -0.4 is 0 Å². The number of piperidine rings is 2. The molecule has 0 amide bonds. The summed E-state index contributed by atoms with van der Waals surface area (Å²) in [6, 6.07) is 0.0150. The zero-order chi connectivity index (χ0) is 8.34. The van der Waals surface area contributed by atoms with Crippen molar-refractivity contribution in [2.45, 2.75) is 43.9 Å². The number of rotatable bonds is 0. The van der Waals surface area contributed by atoms with Crippen LogP contribution in [0.15, 0.2) is 0 Å². The first kappa shape index (κ1) is 7.27. The Morgan fingerprint density at radius 1 is 1.17 bits per heavy atom. The maximum absolute atomic E-state index is 13.9. The number of nitrogens with zero attached hydrogens (tertiary/aromatic N) is 1. The molecule has 4 aliphatic rings. The molecule has 67 valence electrons. The molecule has 2 nitrogen and oxygen atoms in total. The molecule has 4 fully saturated rings. The summed E-state index contributed by atoms with van der Waals surface area (Å²) in [5.41, 5.74) is 0. The largest absolute Gasteiger partial charge is 0.224 e. The summed E-state index contributed by atoms with van der Waals surface area (Å²) in [5, 5.41) is 12.2. The molecule has 2 unspecified atom stereocenters. The van der Waals surface area contributed by atoms with Gasteiger partial charge < -0.3 is 0 Å². The van der Waals surface area contributed by atoms with Gasteiger partial charge in [-0.2, -0.15) is 0 Å². The van der Waals surface area contributed by atoms with Crippen LogP contribution in [0.3, 0.4) is 0 Å². The second-order valence-corrected chi connectivity index (χ2v) is 4.75. The molecule has 0 aromatic rings. The lowest BCUT2D eigenvalue weighted by Crippen LogP contribution is -2.61. The van der Waals surface area contributed by atoms with Gasteiger partial charge in [-0.3, -0.25) is 0 Å². The van der Waals surface area contributed by atoms with Crippen LogP contribution in [0.2, 0.25) is 0 Å². The van der Waals surface area contributed by atoms with E-state index in [2.05, 4.69) is 0 Å². The van der Waals surface area contributed by atoms with Gasteiger partial charge in [0, 0.05) is 18.9 Å². The van der Waals surface area contributed by atoms with Gasteiger partial charge in [-0.15, -0.1) is 10.3 Å². The third kappa shape index (κ3) is 0.761. The highest BCUT2D eigenvalue weighted by Crippen LogP contribution is 2.54. The fourth-order valence-electron chi connectivity index (χ4n) is 3.53. The molecular formula is C9H13FNO. The first-order valence-electron chi connectivity index (χ1n) is 4.83. The predicted molar refractivity (Wildman–Crippen MR) is 40.2 cm³/mol. The fraction of sp³-hybridized carbons (Fsp3) is 1.00. The maximum Gasteiger partial charge on any atom is 0.189 e. The van der Waals surface area contributed by atoms with Crippen molar-refractivity contribution in [2.75, 3.05) is 0 Å². The average Bonchev–Trinajstić information content (AvgIpc) is 1.98. The Morgan fingerprint density at radius 2 is 1.75 bits per heavy atom. The van der Waals surface area contributed by atoms with Crippen LogP contribution in [0.25, 0.3) is 0 Å². The first-order valence-corrected chi connectivity index (χ1v) is 4.83. The van der Waals surface area contributed by atoms with E-state index in [0.717, 1.165) is 17.9 Å². The number of hydroxylamine groups is 2. The van der Waals surface area contributed by atoms with Crippen molar-refractivity contribution in [1.29, 1.82) is 0 Å². The van der Waals surface area contributed by atoms with Gasteiger partial charge in [0.05, 0.1) is 0 Å². The monoisotopic (exact) mass is 170 g/mol. The van der Waals surface area contributed by atoms with Crippen molar-refractivity contribution in [1.82, 2.24) is 5.06 Å². The van der Waals surface area contributed by atoms with E-state index in [9.17, 15) is 9.60 Å². The minimum absolute atomic E-state index is 0.0150. The Balaban J connectivity index is 1.97. The van der Waals surface area contributed by atoms with E-state index in [0.29, 0.717) is 24.7 Å². The third-order valence-electron chi connectivity index (χ3n) is 3.81. The highest BCUT2D eigenvalue weighted by Gasteiger charge is 2.57. The Morgan fingerprint density at radius 3 is 2.25 bits per heavy atom. The number of alkyl halides is 1. The van der Waals surface area contributed by atoms with Crippen LogP contribution >= 0.6 is 0 Å². The van der Waals surface area contributed by atoms with E-state index >= 15 is 0 Å². The van der Waals surface area contributed by atoms with E-state index in [-0.39, 0.29) is 6.04 Å². The summed E-state index contributed by atoms with van der Waals surface area (Å²) in [7, 11) is 0. The lowest BCUT2D eigenvalue weighted by molar-refractivity contribution is -0.351. The molecule has 2 saturated heterocycles. The van der Waals surface area contributed by atoms with Crippen LogP contribution in [-0.2, 0) is 5.21 Å². The van der Waals surface area contributed by atoms with Gasteiger partial charge in [-0.25, -0.2) is 4.39 Å². The molecule has 0 aromatic heterocycles. The van der Waals surface area contributed by atoms with Gasteiger partial charge in [0.2, 0.25) is 0 Å². The van der Waals surface area contributed by atoms with Gasteiger partial charge in [-0.1, -0.05) is 0 Å². The normalized spacial score (nSPS) is 58.0. The molecule has 2 aliphatic heterocycles. The second-order valence-electron chi connectivity index (χ2n) is 4.75. The van der Waals surface area contributed by atoms with Gasteiger partial charge in [-0.05, 0) is 31.1 Å². The van der Waals surface area contributed by atoms with Crippen molar-refractivity contribution in [3.05, 3.63) is 0 Å². The minimum atomic E-state index is -1.46. The summed E-state index contributed by atoms with van der Waals surface area (Å²) >= 11 is 0. The lowest BCUT2D eigenvalue weighted by atomic mass is 9.63. The highest BCUT2D eigenvalue weighted by atomic mass is 19.1. The number of halogens is 1. The third-order valence-corrected chi connectivity index (χ3v) is 3.81. The zero-order valence-corrected chi connectivity index (χ0v) is 7.00. The molecule has 4 bridgehead atoms. The minimum Gasteiger partial charge on any atom is -0.224 e. The molecule has 2 aliphatic carbocycles. The Labute approximate surface area is 71.3 Å². The molecule has 4 rings (SSSR count). The van der Waals surface area contributed by atoms with Gasteiger partial charge in [0.15, 0.2) is 5.79 Å². The van der Waals surface area contributed by atoms with E-state index in [1.165, 1.54) is 6.42 Å². The van der Waals surface area contributed by atoms with Gasteiger partial charge in [0.25, 0.3) is 0 Å². The molecule has 2 heterocycles. The lowest BCUT2D eigenvalue weighted by Gasteiger charge is -2.55. The van der Waals surface area contributed by atoms with Crippen LogP contribution in [0.5, 0.6) is 0 Å². The fourth-order valence-corrected chi connectivity index (χ4v) is 3.53. The predicted octanol–water partition coefficient (Wildman–Crippen LogP) is 1.89. The molecule has 1 radical (unpaired) electrons. The smallest absolute Gasteiger partial charge is 0.189 e. The van der Waals surface area contributed by atoms with Crippen LogP contribution in [-0.4, -0.2) is 16.9 Å². The Bertz CT molecular complexity index is 207. The van der Waals surface area contributed by atoms with Crippen molar-refractivity contribution in [3.8, 4) is 0 Å². The van der Waals surface area contributed by atoms with Crippen LogP contribution in [0.4, 0.5) is 4.39 Å². The number of hydrogen-bond donors (Lipinski definition) is 0. The number of hydrogen-bond acceptors (Lipinski definition) is 1. The first-order chi connectivity index (χ1) is 5.67. The molecule has 0 aromatic carbocycles. The quantitative estimate of drug-likeness (QED) is 0.509. The van der Waals surface area contributed by atoms with Crippen LogP contribution in [0.1, 0.15) is 32.1 Å². The Kier molecular flexibility index (Phi) is 1.22. The standard InChI is InChI=1S/C9H13FNO/c10-9-4-6-1-7(5-9)3-8(2-6)11(9)12/h6-8H,1-5H2/t6-,7+,8?,9?. The van der Waals surface area contributed by atoms with E-state index < -0.39 is 5.79 Å². The highest BCUT2D eigenvalue weighted by molar-refractivity contribution is 5.01. The van der Waals surface area contributed by atoms with Crippen molar-refractivity contribution in [2.24, 2.45) is 11.8 Å². The molecule has 3 heteroatoms. The molecule has 0 N–H and O–H groups in total. The van der Waals surface area contributed by atoms with Gasteiger partial charge >= 0.3 is 0 Å². The van der Waals surface area contributed by atoms with E-state index in [4.69, 9.17) is 0 Å². The van der Waals surface area contributed by atoms with E-state index in [1.54, 1.807) is 0 Å². The average molecular weight is 170 g/mol. The zero-order valence-electron chi connectivity index (χ0n) is 7.00. The Hall–Kier alpha value is -0.150. The van der Waals surface area contributed by atoms with Gasteiger partial charge in [0.1, 0.15) is 0 Å². The van der Waals surface area contributed by atoms with Crippen LogP contribution in [0, 0.1) is 11.8 Å². The summed E-state index contributed by atoms with van der Waals surface area (Å²) in [6.07, 6.45) is 4.08. The van der Waals surface area contributed by atoms with E-state index in [1.807, 2.05) is 0 Å². The topological polar surface area (TPSA) is 23.1 Å². The molecule has 12 heavy (non-hydrogen) atoms. The van der Waals surface area contributed by atoms with Crippen molar-refractivity contribution < 1.29 is 9.60 Å². The second kappa shape index (κ2) is 2.02. The summed E-state index contributed by atoms with van der Waals surface area (Å²) in [4.78, 5) is 0. The van der Waals surface area contributed by atoms with Crippen molar-refractivity contribution >= 4 is 0 Å². The molecular weight excluding hydrogens is 157 g/mol. The SMILES string of the molecule is [O]N1C2C[C@@H]3C[C@H](C2)CC1(F)C3. The summed E-state index contributed by atoms with van der Waals surface area (Å²) < 4.78 is 13.9.